The van der Waals surface area contributed by atoms with E-state index in [1.54, 1.807) is 4.90 Å². The number of benzene rings is 2. The summed E-state index contributed by atoms with van der Waals surface area (Å²) in [5.41, 5.74) is 2.93. The summed E-state index contributed by atoms with van der Waals surface area (Å²) in [6.07, 6.45) is 2.29. The summed E-state index contributed by atoms with van der Waals surface area (Å²) in [6, 6.07) is 17.9. The number of hydrogen-bond donors (Lipinski definition) is 1. The van der Waals surface area contributed by atoms with E-state index in [2.05, 4.69) is 4.98 Å². The Morgan fingerprint density at radius 1 is 1.12 bits per heavy atom. The molecule has 0 saturated heterocycles. The zero-order valence-electron chi connectivity index (χ0n) is 13.5. The third kappa shape index (κ3) is 2.67. The lowest BCUT2D eigenvalue weighted by Crippen LogP contribution is -2.27. The number of nitrogens with one attached hydrogen (secondary N) is 1. The first-order chi connectivity index (χ1) is 11.7. The SMILES string of the molecule is CN(Cc1cc2ccccc2o1)C(=O)Cc1c[nH]c2ccccc12. The molecule has 0 unspecified atom stereocenters. The normalized spacial score (nSPS) is 11.2. The number of H-pyrrole nitrogens is 1. The van der Waals surface area contributed by atoms with Crippen molar-refractivity contribution in [1.29, 1.82) is 0 Å². The van der Waals surface area contributed by atoms with Crippen LogP contribution in [0, 0.1) is 0 Å². The van der Waals surface area contributed by atoms with Crippen LogP contribution in [0.5, 0.6) is 0 Å². The monoisotopic (exact) mass is 318 g/mol. The maximum Gasteiger partial charge on any atom is 0.227 e. The quantitative estimate of drug-likeness (QED) is 0.615. The number of carbonyl (C=O) groups excluding carboxylic acids is 1. The second kappa shape index (κ2) is 5.89. The Bertz CT molecular complexity index is 980. The van der Waals surface area contributed by atoms with Crippen LogP contribution in [0.3, 0.4) is 0 Å². The second-order valence-electron chi connectivity index (χ2n) is 6.04. The van der Waals surface area contributed by atoms with Crippen molar-refractivity contribution in [2.45, 2.75) is 13.0 Å². The lowest BCUT2D eigenvalue weighted by molar-refractivity contribution is -0.129. The second-order valence-corrected chi connectivity index (χ2v) is 6.04. The molecule has 4 rings (SSSR count). The minimum Gasteiger partial charge on any atom is -0.459 e. The molecule has 0 spiro atoms. The third-order valence-electron chi connectivity index (χ3n) is 4.31. The highest BCUT2D eigenvalue weighted by atomic mass is 16.3. The molecule has 4 heteroatoms. The number of furan rings is 1. The predicted molar refractivity (Wildman–Crippen MR) is 94.7 cm³/mol. The summed E-state index contributed by atoms with van der Waals surface area (Å²) in [6.45, 7) is 0.468. The van der Waals surface area contributed by atoms with Gasteiger partial charge in [-0.05, 0) is 23.8 Å². The first-order valence-corrected chi connectivity index (χ1v) is 7.97. The van der Waals surface area contributed by atoms with Crippen molar-refractivity contribution in [2.75, 3.05) is 7.05 Å². The third-order valence-corrected chi connectivity index (χ3v) is 4.31. The van der Waals surface area contributed by atoms with Crippen LogP contribution in [0.1, 0.15) is 11.3 Å². The lowest BCUT2D eigenvalue weighted by atomic mass is 10.1. The summed E-state index contributed by atoms with van der Waals surface area (Å²) in [7, 11) is 1.81. The zero-order chi connectivity index (χ0) is 16.5. The maximum atomic E-state index is 12.5. The van der Waals surface area contributed by atoms with Gasteiger partial charge in [-0.25, -0.2) is 0 Å². The minimum absolute atomic E-state index is 0.0696. The number of fused-ring (bicyclic) bond motifs is 2. The Morgan fingerprint density at radius 2 is 1.92 bits per heavy atom. The van der Waals surface area contributed by atoms with Crippen molar-refractivity contribution in [3.05, 3.63) is 72.1 Å². The topological polar surface area (TPSA) is 49.2 Å². The summed E-state index contributed by atoms with van der Waals surface area (Å²) < 4.78 is 5.79. The summed E-state index contributed by atoms with van der Waals surface area (Å²) in [4.78, 5) is 17.5. The Labute approximate surface area is 139 Å². The van der Waals surface area contributed by atoms with Gasteiger partial charge in [0.2, 0.25) is 5.91 Å². The molecule has 0 radical (unpaired) electrons. The van der Waals surface area contributed by atoms with E-state index in [0.29, 0.717) is 13.0 Å². The number of nitrogens with zero attached hydrogens (tertiary/aromatic N) is 1. The molecule has 120 valence electrons. The van der Waals surface area contributed by atoms with Crippen LogP contribution in [0.4, 0.5) is 0 Å². The van der Waals surface area contributed by atoms with Crippen LogP contribution < -0.4 is 0 Å². The average Bonchev–Trinajstić information content (AvgIpc) is 3.18. The Balaban J connectivity index is 1.49. The van der Waals surface area contributed by atoms with Gasteiger partial charge in [-0.3, -0.25) is 4.79 Å². The molecule has 1 amide bonds. The summed E-state index contributed by atoms with van der Waals surface area (Å²) in [5.74, 6) is 0.867. The largest absolute Gasteiger partial charge is 0.459 e. The maximum absolute atomic E-state index is 12.5. The number of likely N-dealkylation sites (N-methyl/N-ethyl adjacent to an activating group) is 1. The number of aromatic amines is 1. The molecule has 0 saturated carbocycles. The molecule has 0 aliphatic rings. The molecule has 24 heavy (non-hydrogen) atoms. The van der Waals surface area contributed by atoms with E-state index in [-0.39, 0.29) is 5.91 Å². The molecule has 4 aromatic rings. The standard InChI is InChI=1S/C20H18N2O2/c1-22(13-16-10-14-6-2-5-9-19(14)24-16)20(23)11-15-12-21-18-8-4-3-7-17(15)18/h2-10,12,21H,11,13H2,1H3. The Hall–Kier alpha value is -3.01. The Morgan fingerprint density at radius 3 is 2.79 bits per heavy atom. The van der Waals surface area contributed by atoms with Crippen LogP contribution in [0.2, 0.25) is 0 Å². The fourth-order valence-corrected chi connectivity index (χ4v) is 3.01. The fraction of sp³-hybridized carbons (Fsp3) is 0.150. The highest BCUT2D eigenvalue weighted by molar-refractivity contribution is 5.88. The smallest absolute Gasteiger partial charge is 0.227 e. The molecule has 2 aromatic carbocycles. The van der Waals surface area contributed by atoms with Gasteiger partial charge in [0.25, 0.3) is 0 Å². The number of hydrogen-bond acceptors (Lipinski definition) is 2. The van der Waals surface area contributed by atoms with E-state index in [0.717, 1.165) is 33.2 Å². The molecule has 0 aliphatic heterocycles. The number of rotatable bonds is 4. The van der Waals surface area contributed by atoms with Crippen molar-refractivity contribution < 1.29 is 9.21 Å². The molecular formula is C20H18N2O2. The molecule has 2 heterocycles. The number of amides is 1. The van der Waals surface area contributed by atoms with Gasteiger partial charge >= 0.3 is 0 Å². The van der Waals surface area contributed by atoms with Crippen molar-refractivity contribution in [3.63, 3.8) is 0 Å². The summed E-state index contributed by atoms with van der Waals surface area (Å²) in [5, 5.41) is 2.16. The van der Waals surface area contributed by atoms with Crippen molar-refractivity contribution in [1.82, 2.24) is 9.88 Å². The molecule has 0 atom stereocenters. The first kappa shape index (κ1) is 14.6. The van der Waals surface area contributed by atoms with Gasteiger partial charge in [0.05, 0.1) is 13.0 Å². The highest BCUT2D eigenvalue weighted by Gasteiger charge is 2.14. The van der Waals surface area contributed by atoms with E-state index in [4.69, 9.17) is 4.42 Å². The molecule has 0 aliphatic carbocycles. The van der Waals surface area contributed by atoms with Crippen molar-refractivity contribution in [3.8, 4) is 0 Å². The van der Waals surface area contributed by atoms with Gasteiger partial charge in [-0.15, -0.1) is 0 Å². The van der Waals surface area contributed by atoms with E-state index >= 15 is 0 Å². The molecular weight excluding hydrogens is 300 g/mol. The van der Waals surface area contributed by atoms with Crippen molar-refractivity contribution >= 4 is 27.8 Å². The lowest BCUT2D eigenvalue weighted by Gasteiger charge is -2.15. The van der Waals surface area contributed by atoms with Crippen LogP contribution in [0.15, 0.2) is 65.2 Å². The zero-order valence-corrected chi connectivity index (χ0v) is 13.5. The fourth-order valence-electron chi connectivity index (χ4n) is 3.01. The molecule has 0 bridgehead atoms. The van der Waals surface area contributed by atoms with Crippen LogP contribution in [0.25, 0.3) is 21.9 Å². The van der Waals surface area contributed by atoms with E-state index in [1.165, 1.54) is 0 Å². The van der Waals surface area contributed by atoms with Gasteiger partial charge in [0, 0.05) is 29.5 Å². The molecule has 4 nitrogen and oxygen atoms in total. The summed E-state index contributed by atoms with van der Waals surface area (Å²) >= 11 is 0. The van der Waals surface area contributed by atoms with E-state index in [9.17, 15) is 4.79 Å². The van der Waals surface area contributed by atoms with Crippen LogP contribution in [-0.4, -0.2) is 22.8 Å². The molecule has 2 aromatic heterocycles. The van der Waals surface area contributed by atoms with Gasteiger partial charge in [-0.2, -0.15) is 0 Å². The van der Waals surface area contributed by atoms with Crippen LogP contribution in [-0.2, 0) is 17.8 Å². The Kier molecular flexibility index (Phi) is 3.58. The van der Waals surface area contributed by atoms with Gasteiger partial charge in [0.1, 0.15) is 11.3 Å². The highest BCUT2D eigenvalue weighted by Crippen LogP contribution is 2.21. The predicted octanol–water partition coefficient (Wildman–Crippen LogP) is 4.12. The number of carbonyl (C=O) groups is 1. The molecule has 0 fully saturated rings. The number of aromatic nitrogens is 1. The minimum atomic E-state index is 0.0696. The van der Waals surface area contributed by atoms with Gasteiger partial charge in [0.15, 0.2) is 0 Å². The van der Waals surface area contributed by atoms with Crippen molar-refractivity contribution in [2.24, 2.45) is 0 Å². The number of para-hydroxylation sites is 2. The van der Waals surface area contributed by atoms with E-state index in [1.807, 2.05) is 67.8 Å². The first-order valence-electron chi connectivity index (χ1n) is 7.97. The van der Waals surface area contributed by atoms with E-state index < -0.39 is 0 Å². The van der Waals surface area contributed by atoms with Crippen LogP contribution >= 0.6 is 0 Å². The molecule has 1 N–H and O–H groups in total. The average molecular weight is 318 g/mol. The van der Waals surface area contributed by atoms with Gasteiger partial charge < -0.3 is 14.3 Å². The van der Waals surface area contributed by atoms with Gasteiger partial charge in [-0.1, -0.05) is 36.4 Å².